The molecule has 3 rings (SSSR count). The van der Waals surface area contributed by atoms with Gasteiger partial charge in [-0.05, 0) is 69.9 Å². The van der Waals surface area contributed by atoms with Crippen LogP contribution in [0.25, 0.3) is 5.57 Å². The molecule has 1 aliphatic rings. The predicted molar refractivity (Wildman–Crippen MR) is 112 cm³/mol. The Morgan fingerprint density at radius 2 is 1.62 bits per heavy atom. The molecule has 0 spiro atoms. The van der Waals surface area contributed by atoms with Gasteiger partial charge in [-0.25, -0.2) is 0 Å². The van der Waals surface area contributed by atoms with Crippen molar-refractivity contribution in [2.45, 2.75) is 65.2 Å². The fourth-order valence-corrected chi connectivity index (χ4v) is 4.34. The average Bonchev–Trinajstić information content (AvgIpc) is 3.05. The zero-order valence-corrected chi connectivity index (χ0v) is 17.6. The average molecular weight is 371 g/mol. The Kier molecular flexibility index (Phi) is 5.82. The number of aryl methyl sites for hydroxylation is 1. The predicted octanol–water partition coefficient (Wildman–Crippen LogP) is 6.56. The van der Waals surface area contributed by atoms with E-state index in [1.54, 1.807) is 11.3 Å². The molecule has 0 radical (unpaired) electrons. The van der Waals surface area contributed by atoms with Crippen molar-refractivity contribution in [2.24, 2.45) is 0 Å². The Morgan fingerprint density at radius 3 is 2.08 bits per heavy atom. The minimum atomic E-state index is -0.833. The molecule has 2 nitrogen and oxygen atoms in total. The monoisotopic (exact) mass is 370 g/mol. The molecule has 1 aromatic carbocycles. The highest BCUT2D eigenvalue weighted by Gasteiger charge is 2.37. The molecule has 0 aliphatic heterocycles. The molecule has 0 saturated carbocycles. The molecule has 26 heavy (non-hydrogen) atoms. The third-order valence-electron chi connectivity index (χ3n) is 5.34. The molecular weight excluding hydrogens is 340 g/mol. The summed E-state index contributed by atoms with van der Waals surface area (Å²) in [6.45, 7) is 17.2. The number of benzene rings is 1. The minimum absolute atomic E-state index is 0.253. The van der Waals surface area contributed by atoms with Gasteiger partial charge in [0.2, 0.25) is 0 Å². The number of carboxylic acid groups (broad SMARTS) is 1. The van der Waals surface area contributed by atoms with Crippen molar-refractivity contribution in [2.75, 3.05) is 0 Å². The fraction of sp³-hybridized carbons (Fsp3) is 0.435. The summed E-state index contributed by atoms with van der Waals surface area (Å²) in [5.41, 5.74) is 7.40. The Labute approximate surface area is 161 Å². The molecule has 0 atom stereocenters. The Hall–Kier alpha value is -1.87. The van der Waals surface area contributed by atoms with Crippen molar-refractivity contribution in [1.29, 1.82) is 0 Å². The maximum Gasteiger partial charge on any atom is 0.300 e. The lowest BCUT2D eigenvalue weighted by molar-refractivity contribution is -0.134. The van der Waals surface area contributed by atoms with Gasteiger partial charge in [0, 0.05) is 11.8 Å². The van der Waals surface area contributed by atoms with Gasteiger partial charge < -0.3 is 5.11 Å². The van der Waals surface area contributed by atoms with Crippen LogP contribution in [0.1, 0.15) is 74.6 Å². The van der Waals surface area contributed by atoms with E-state index < -0.39 is 5.97 Å². The molecule has 140 valence electrons. The third kappa shape index (κ3) is 4.27. The van der Waals surface area contributed by atoms with E-state index in [-0.39, 0.29) is 10.8 Å². The molecule has 2 aromatic rings. The number of carbonyl (C=O) groups is 1. The second kappa shape index (κ2) is 7.40. The van der Waals surface area contributed by atoms with Crippen LogP contribution in [0.15, 0.2) is 36.2 Å². The fourth-order valence-electron chi connectivity index (χ4n) is 3.63. The zero-order chi connectivity index (χ0) is 19.7. The van der Waals surface area contributed by atoms with Gasteiger partial charge in [0.15, 0.2) is 0 Å². The van der Waals surface area contributed by atoms with E-state index in [9.17, 15) is 0 Å². The number of hydrogen-bond acceptors (Lipinski definition) is 2. The summed E-state index contributed by atoms with van der Waals surface area (Å²) in [5, 5.41) is 9.54. The van der Waals surface area contributed by atoms with Crippen LogP contribution in [0.2, 0.25) is 0 Å². The molecule has 0 bridgehead atoms. The van der Waals surface area contributed by atoms with Gasteiger partial charge in [-0.3, -0.25) is 4.79 Å². The van der Waals surface area contributed by atoms with Crippen molar-refractivity contribution in [3.63, 3.8) is 0 Å². The lowest BCUT2D eigenvalue weighted by Gasteiger charge is -2.42. The van der Waals surface area contributed by atoms with Gasteiger partial charge in [-0.15, -0.1) is 11.3 Å². The number of aliphatic carboxylic acids is 1. The SMILES string of the molecule is C=C(c1cccs1)c1cc2c(cc1C)C(C)(C)CCC2(C)C.CC(=O)O. The van der Waals surface area contributed by atoms with Crippen molar-refractivity contribution in [1.82, 2.24) is 0 Å². The summed E-state index contributed by atoms with van der Waals surface area (Å²) in [4.78, 5) is 10.3. The van der Waals surface area contributed by atoms with Gasteiger partial charge in [-0.1, -0.05) is 52.5 Å². The van der Waals surface area contributed by atoms with Crippen LogP contribution in [0.5, 0.6) is 0 Å². The van der Waals surface area contributed by atoms with Gasteiger partial charge in [0.25, 0.3) is 5.97 Å². The number of rotatable bonds is 2. The molecular formula is C23H30O2S. The van der Waals surface area contributed by atoms with Crippen LogP contribution in [0, 0.1) is 6.92 Å². The Morgan fingerprint density at radius 1 is 1.12 bits per heavy atom. The number of fused-ring (bicyclic) bond motifs is 1. The summed E-state index contributed by atoms with van der Waals surface area (Å²) in [7, 11) is 0. The van der Waals surface area contributed by atoms with E-state index in [2.05, 4.69) is 70.8 Å². The molecule has 0 fully saturated rings. The van der Waals surface area contributed by atoms with Crippen LogP contribution < -0.4 is 0 Å². The first-order valence-corrected chi connectivity index (χ1v) is 9.92. The lowest BCUT2D eigenvalue weighted by Crippen LogP contribution is -2.34. The molecule has 1 aliphatic carbocycles. The standard InChI is InChI=1S/C21H26S.C2H4O2/c1-14-12-17-18(21(5,6)10-9-20(17,3)4)13-16(14)15(2)19-8-7-11-22-19;1-2(3)4/h7-8,11-13H,2,9-10H2,1,3-6H3;1H3,(H,3,4). The first kappa shape index (κ1) is 20.4. The van der Waals surface area contributed by atoms with Crippen LogP contribution >= 0.6 is 11.3 Å². The highest BCUT2D eigenvalue weighted by atomic mass is 32.1. The maximum atomic E-state index is 9.00. The van der Waals surface area contributed by atoms with Gasteiger partial charge in [0.1, 0.15) is 0 Å². The third-order valence-corrected chi connectivity index (χ3v) is 6.27. The summed E-state index contributed by atoms with van der Waals surface area (Å²) in [5.74, 6) is -0.833. The smallest absolute Gasteiger partial charge is 0.300 e. The zero-order valence-electron chi connectivity index (χ0n) is 16.8. The molecule has 3 heteroatoms. The second-order valence-corrected chi connectivity index (χ2v) is 9.40. The maximum absolute atomic E-state index is 9.00. The van der Waals surface area contributed by atoms with Crippen LogP contribution in [0.3, 0.4) is 0 Å². The van der Waals surface area contributed by atoms with E-state index in [4.69, 9.17) is 9.90 Å². The van der Waals surface area contributed by atoms with Crippen LogP contribution in [-0.2, 0) is 15.6 Å². The van der Waals surface area contributed by atoms with E-state index >= 15 is 0 Å². The van der Waals surface area contributed by atoms with E-state index in [1.807, 2.05) is 0 Å². The van der Waals surface area contributed by atoms with Crippen molar-refractivity contribution >= 4 is 22.9 Å². The summed E-state index contributed by atoms with van der Waals surface area (Å²) >= 11 is 1.77. The van der Waals surface area contributed by atoms with E-state index in [0.717, 1.165) is 12.5 Å². The summed E-state index contributed by atoms with van der Waals surface area (Å²) < 4.78 is 0. The first-order valence-electron chi connectivity index (χ1n) is 9.04. The van der Waals surface area contributed by atoms with E-state index in [1.165, 1.54) is 40.0 Å². The van der Waals surface area contributed by atoms with E-state index in [0.29, 0.717) is 0 Å². The molecule has 1 N–H and O–H groups in total. The lowest BCUT2D eigenvalue weighted by atomic mass is 9.62. The first-order chi connectivity index (χ1) is 12.0. The normalized spacial score (nSPS) is 16.8. The topological polar surface area (TPSA) is 37.3 Å². The minimum Gasteiger partial charge on any atom is -0.481 e. The highest BCUT2D eigenvalue weighted by Crippen LogP contribution is 2.47. The van der Waals surface area contributed by atoms with Gasteiger partial charge in [0.05, 0.1) is 0 Å². The number of carboxylic acids is 1. The number of hydrogen-bond donors (Lipinski definition) is 1. The highest BCUT2D eigenvalue weighted by molar-refractivity contribution is 7.11. The summed E-state index contributed by atoms with van der Waals surface area (Å²) in [6, 6.07) is 9.12. The van der Waals surface area contributed by atoms with Crippen molar-refractivity contribution in [3.05, 3.63) is 63.4 Å². The molecule has 0 saturated heterocycles. The largest absolute Gasteiger partial charge is 0.481 e. The molecule has 0 unspecified atom stereocenters. The number of thiophene rings is 1. The quantitative estimate of drug-likeness (QED) is 0.650. The van der Waals surface area contributed by atoms with Gasteiger partial charge in [-0.2, -0.15) is 0 Å². The molecule has 1 heterocycles. The molecule has 1 aromatic heterocycles. The summed E-state index contributed by atoms with van der Waals surface area (Å²) in [6.07, 6.45) is 2.51. The Balaban J connectivity index is 0.000000552. The van der Waals surface area contributed by atoms with Gasteiger partial charge >= 0.3 is 0 Å². The second-order valence-electron chi connectivity index (χ2n) is 8.46. The van der Waals surface area contributed by atoms with Crippen molar-refractivity contribution in [3.8, 4) is 0 Å². The van der Waals surface area contributed by atoms with Crippen molar-refractivity contribution < 1.29 is 9.90 Å². The molecule has 0 amide bonds. The Bertz CT molecular complexity index is 807. The van der Waals surface area contributed by atoms with Crippen LogP contribution in [-0.4, -0.2) is 11.1 Å². The van der Waals surface area contributed by atoms with Crippen LogP contribution in [0.4, 0.5) is 0 Å².